The molecule has 0 radical (unpaired) electrons. The first-order valence-electron chi connectivity index (χ1n) is 6.15. The molecule has 0 aromatic carbocycles. The molecule has 0 saturated heterocycles. The normalized spacial score (nSPS) is 10.2. The van der Waals surface area contributed by atoms with Crippen molar-refractivity contribution >= 4 is 28.4 Å². The fraction of sp³-hybridized carbons (Fsp3) is 0.308. The molecule has 2 aromatic heterocycles. The molecule has 106 valence electrons. The second-order valence-corrected chi connectivity index (χ2v) is 5.36. The number of nitrogens with one attached hydrogen (secondary N) is 2. The zero-order valence-electron chi connectivity index (χ0n) is 11.7. The van der Waals surface area contributed by atoms with Gasteiger partial charge < -0.3 is 10.2 Å². The quantitative estimate of drug-likeness (QED) is 0.906. The van der Waals surface area contributed by atoms with Crippen LogP contribution in [0.5, 0.6) is 0 Å². The van der Waals surface area contributed by atoms with Crippen LogP contribution < -0.4 is 15.5 Å². The van der Waals surface area contributed by atoms with Gasteiger partial charge in [0.1, 0.15) is 10.8 Å². The molecule has 0 saturated carbocycles. The van der Waals surface area contributed by atoms with E-state index in [0.29, 0.717) is 6.54 Å². The highest BCUT2D eigenvalue weighted by Crippen LogP contribution is 2.15. The Hall–Kier alpha value is -2.15. The fourth-order valence-corrected chi connectivity index (χ4v) is 2.23. The van der Waals surface area contributed by atoms with Crippen molar-refractivity contribution in [2.75, 3.05) is 24.3 Å². The van der Waals surface area contributed by atoms with Gasteiger partial charge >= 0.3 is 6.03 Å². The number of carbonyl (C=O) groups is 1. The monoisotopic (exact) mass is 291 g/mol. The van der Waals surface area contributed by atoms with E-state index in [1.807, 2.05) is 44.1 Å². The number of hydrogen-bond acceptors (Lipinski definition) is 5. The van der Waals surface area contributed by atoms with Crippen molar-refractivity contribution < 1.29 is 4.79 Å². The van der Waals surface area contributed by atoms with Crippen LogP contribution in [0.4, 0.5) is 15.6 Å². The third-order valence-electron chi connectivity index (χ3n) is 2.59. The molecule has 2 heterocycles. The van der Waals surface area contributed by atoms with E-state index in [9.17, 15) is 4.79 Å². The molecular formula is C13H17N5OS. The molecule has 0 bridgehead atoms. The lowest BCUT2D eigenvalue weighted by Crippen LogP contribution is -2.27. The first-order valence-corrected chi connectivity index (χ1v) is 6.92. The summed E-state index contributed by atoms with van der Waals surface area (Å²) in [4.78, 5) is 17.9. The molecule has 0 spiro atoms. The van der Waals surface area contributed by atoms with Gasteiger partial charge in [-0.25, -0.2) is 9.78 Å². The molecular weight excluding hydrogens is 274 g/mol. The smallest absolute Gasteiger partial charge is 0.320 e. The average Bonchev–Trinajstić information content (AvgIpc) is 2.82. The van der Waals surface area contributed by atoms with Gasteiger partial charge in [0, 0.05) is 26.8 Å². The van der Waals surface area contributed by atoms with Gasteiger partial charge in [-0.2, -0.15) is 4.37 Å². The van der Waals surface area contributed by atoms with E-state index in [1.165, 1.54) is 11.5 Å². The molecule has 0 atom stereocenters. The van der Waals surface area contributed by atoms with Crippen LogP contribution in [0.1, 0.15) is 11.3 Å². The summed E-state index contributed by atoms with van der Waals surface area (Å²) in [5.74, 6) is 0.864. The molecule has 20 heavy (non-hydrogen) atoms. The van der Waals surface area contributed by atoms with Gasteiger partial charge in [0.15, 0.2) is 0 Å². The topological polar surface area (TPSA) is 70.2 Å². The highest BCUT2D eigenvalue weighted by atomic mass is 32.1. The maximum absolute atomic E-state index is 11.7. The Balaban J connectivity index is 1.88. The first-order chi connectivity index (χ1) is 9.54. The van der Waals surface area contributed by atoms with Gasteiger partial charge in [-0.05, 0) is 42.2 Å². The maximum atomic E-state index is 11.7. The predicted octanol–water partition coefficient (Wildman–Crippen LogP) is 2.23. The van der Waals surface area contributed by atoms with Gasteiger partial charge in [-0.1, -0.05) is 0 Å². The molecule has 2 amide bonds. The van der Waals surface area contributed by atoms with Crippen molar-refractivity contribution in [3.05, 3.63) is 35.7 Å². The van der Waals surface area contributed by atoms with E-state index in [0.717, 1.165) is 22.1 Å². The minimum Gasteiger partial charge on any atom is -0.363 e. The lowest BCUT2D eigenvalue weighted by Gasteiger charge is -2.12. The van der Waals surface area contributed by atoms with Gasteiger partial charge in [0.2, 0.25) is 0 Å². The number of aromatic nitrogens is 2. The van der Waals surface area contributed by atoms with E-state index in [1.54, 1.807) is 6.20 Å². The van der Waals surface area contributed by atoms with Crippen molar-refractivity contribution in [1.29, 1.82) is 0 Å². The molecule has 6 nitrogen and oxygen atoms in total. The van der Waals surface area contributed by atoms with Crippen LogP contribution in [0, 0.1) is 6.92 Å². The Bertz CT molecular complexity index is 596. The summed E-state index contributed by atoms with van der Waals surface area (Å²) in [6.07, 6.45) is 1.73. The van der Waals surface area contributed by atoms with Crippen molar-refractivity contribution in [2.24, 2.45) is 0 Å². The molecule has 0 aliphatic heterocycles. The van der Waals surface area contributed by atoms with Crippen molar-refractivity contribution in [3.8, 4) is 0 Å². The number of pyridine rings is 1. The second-order valence-electron chi connectivity index (χ2n) is 4.56. The molecule has 0 aliphatic carbocycles. The average molecular weight is 291 g/mol. The number of amides is 2. The maximum Gasteiger partial charge on any atom is 0.320 e. The highest BCUT2D eigenvalue weighted by Gasteiger charge is 2.05. The van der Waals surface area contributed by atoms with Crippen molar-refractivity contribution in [1.82, 2.24) is 14.7 Å². The van der Waals surface area contributed by atoms with Crippen LogP contribution in [0.25, 0.3) is 0 Å². The second kappa shape index (κ2) is 6.33. The number of carbonyl (C=O) groups excluding carboxylic acids is 1. The number of anilines is 2. The summed E-state index contributed by atoms with van der Waals surface area (Å²) in [5.41, 5.74) is 1.90. The van der Waals surface area contributed by atoms with Crippen LogP contribution in [0.2, 0.25) is 0 Å². The summed E-state index contributed by atoms with van der Waals surface area (Å²) >= 11 is 1.27. The predicted molar refractivity (Wildman–Crippen MR) is 81.3 cm³/mol. The van der Waals surface area contributed by atoms with Gasteiger partial charge in [-0.3, -0.25) is 5.32 Å². The summed E-state index contributed by atoms with van der Waals surface area (Å²) in [6.45, 7) is 2.34. The minimum absolute atomic E-state index is 0.239. The molecule has 0 unspecified atom stereocenters. The van der Waals surface area contributed by atoms with Crippen molar-refractivity contribution in [2.45, 2.75) is 13.5 Å². The molecule has 7 heteroatoms. The Labute approximate surface area is 122 Å². The zero-order chi connectivity index (χ0) is 14.5. The van der Waals surface area contributed by atoms with Crippen LogP contribution >= 0.6 is 11.5 Å². The number of aryl methyl sites for hydroxylation is 1. The molecule has 2 rings (SSSR count). The Morgan fingerprint density at radius 2 is 2.20 bits per heavy atom. The summed E-state index contributed by atoms with van der Waals surface area (Å²) in [5, 5.41) is 6.30. The van der Waals surface area contributed by atoms with E-state index in [-0.39, 0.29) is 6.03 Å². The minimum atomic E-state index is -0.239. The molecule has 0 aliphatic rings. The molecule has 2 N–H and O–H groups in total. The summed E-state index contributed by atoms with van der Waals surface area (Å²) in [7, 11) is 3.86. The third kappa shape index (κ3) is 3.92. The number of hydrogen-bond donors (Lipinski definition) is 2. The van der Waals surface area contributed by atoms with E-state index in [2.05, 4.69) is 20.0 Å². The summed E-state index contributed by atoms with van der Waals surface area (Å²) in [6, 6.07) is 5.42. The Morgan fingerprint density at radius 1 is 1.40 bits per heavy atom. The fourth-order valence-electron chi connectivity index (χ4n) is 1.58. The third-order valence-corrected chi connectivity index (χ3v) is 3.38. The van der Waals surface area contributed by atoms with E-state index >= 15 is 0 Å². The van der Waals surface area contributed by atoms with Crippen LogP contribution in [-0.2, 0) is 6.54 Å². The van der Waals surface area contributed by atoms with Crippen LogP contribution in [-0.4, -0.2) is 29.5 Å². The van der Waals surface area contributed by atoms with Crippen molar-refractivity contribution in [3.63, 3.8) is 0 Å². The van der Waals surface area contributed by atoms with Crippen LogP contribution in [0.15, 0.2) is 24.4 Å². The lowest BCUT2D eigenvalue weighted by molar-refractivity contribution is 0.252. The highest BCUT2D eigenvalue weighted by molar-refractivity contribution is 7.10. The summed E-state index contributed by atoms with van der Waals surface area (Å²) < 4.78 is 4.10. The van der Waals surface area contributed by atoms with Gasteiger partial charge in [0.05, 0.1) is 5.69 Å². The zero-order valence-corrected chi connectivity index (χ0v) is 12.5. The Morgan fingerprint density at radius 3 is 2.85 bits per heavy atom. The SMILES string of the molecule is Cc1cc(NC(=O)NCc2ccnc(N(C)C)c2)sn1. The number of nitrogens with zero attached hydrogens (tertiary/aromatic N) is 3. The molecule has 2 aromatic rings. The number of rotatable bonds is 4. The van der Waals surface area contributed by atoms with E-state index in [4.69, 9.17) is 0 Å². The van der Waals surface area contributed by atoms with E-state index < -0.39 is 0 Å². The Kier molecular flexibility index (Phi) is 4.52. The first kappa shape index (κ1) is 14.3. The van der Waals surface area contributed by atoms with Gasteiger partial charge in [0.25, 0.3) is 0 Å². The molecule has 0 fully saturated rings. The van der Waals surface area contributed by atoms with Gasteiger partial charge in [-0.15, -0.1) is 0 Å². The lowest BCUT2D eigenvalue weighted by atomic mass is 10.2. The standard InChI is InChI=1S/C13H17N5OS/c1-9-6-12(20-17-9)16-13(19)15-8-10-4-5-14-11(7-10)18(2)3/h4-7H,8H2,1-3H3,(H2,15,16,19). The van der Waals surface area contributed by atoms with Crippen LogP contribution in [0.3, 0.4) is 0 Å². The number of urea groups is 1. The largest absolute Gasteiger partial charge is 0.363 e.